The van der Waals surface area contributed by atoms with Gasteiger partial charge in [0.2, 0.25) is 0 Å². The Hall–Kier alpha value is -1.48. The molecule has 94 valence electrons. The highest BCUT2D eigenvalue weighted by Crippen LogP contribution is 2.41. The van der Waals surface area contributed by atoms with Crippen LogP contribution in [-0.2, 0) is 4.79 Å². The van der Waals surface area contributed by atoms with Crippen LogP contribution in [0.4, 0.5) is 0 Å². The lowest BCUT2D eigenvalue weighted by atomic mass is 10.5. The molecule has 0 spiro atoms. The van der Waals surface area contributed by atoms with Crippen molar-refractivity contribution in [3.8, 4) is 10.7 Å². The summed E-state index contributed by atoms with van der Waals surface area (Å²) in [6.07, 6.45) is 3.81. The Balaban J connectivity index is 1.93. The van der Waals surface area contributed by atoms with Gasteiger partial charge in [0.25, 0.3) is 0 Å². The average molecular weight is 283 g/mol. The smallest absolute Gasteiger partial charge is 0.313 e. The Labute approximate surface area is 110 Å². The topological polar surface area (TPSA) is 93.8 Å². The van der Waals surface area contributed by atoms with Crippen LogP contribution in [0.5, 0.6) is 0 Å². The molecule has 0 bridgehead atoms. The summed E-state index contributed by atoms with van der Waals surface area (Å²) in [4.78, 5) is 11.5. The first kappa shape index (κ1) is 11.6. The highest BCUT2D eigenvalue weighted by atomic mass is 32.2. The lowest BCUT2D eigenvalue weighted by Gasteiger charge is -2.05. The van der Waals surface area contributed by atoms with Crippen molar-refractivity contribution in [2.45, 2.75) is 24.0 Å². The van der Waals surface area contributed by atoms with Crippen LogP contribution < -0.4 is 0 Å². The minimum Gasteiger partial charge on any atom is -0.481 e. The predicted molar refractivity (Wildman–Crippen MR) is 65.6 cm³/mol. The summed E-state index contributed by atoms with van der Waals surface area (Å²) in [5, 5.41) is 21.4. The van der Waals surface area contributed by atoms with E-state index in [1.165, 1.54) is 23.3 Å². The van der Waals surface area contributed by atoms with Crippen molar-refractivity contribution < 1.29 is 9.90 Å². The number of aliphatic carboxylic acids is 1. The fraction of sp³-hybridized carbons (Fsp3) is 0.444. The molecule has 0 saturated heterocycles. The maximum atomic E-state index is 10.6. The van der Waals surface area contributed by atoms with Gasteiger partial charge in [-0.3, -0.25) is 9.36 Å². The van der Waals surface area contributed by atoms with E-state index in [4.69, 9.17) is 5.11 Å². The van der Waals surface area contributed by atoms with Gasteiger partial charge < -0.3 is 5.11 Å². The van der Waals surface area contributed by atoms with E-state index in [2.05, 4.69) is 19.8 Å². The predicted octanol–water partition coefficient (Wildman–Crippen LogP) is 1.31. The van der Waals surface area contributed by atoms with E-state index in [1.54, 1.807) is 6.20 Å². The van der Waals surface area contributed by atoms with Gasteiger partial charge in [0.1, 0.15) is 4.88 Å². The second-order valence-corrected chi connectivity index (χ2v) is 5.60. The van der Waals surface area contributed by atoms with Gasteiger partial charge in [-0.25, -0.2) is 0 Å². The van der Waals surface area contributed by atoms with Gasteiger partial charge >= 0.3 is 5.97 Å². The van der Waals surface area contributed by atoms with Crippen molar-refractivity contribution in [3.63, 3.8) is 0 Å². The van der Waals surface area contributed by atoms with E-state index in [1.807, 2.05) is 4.57 Å². The van der Waals surface area contributed by atoms with E-state index >= 15 is 0 Å². The lowest BCUT2D eigenvalue weighted by Crippen LogP contribution is -2.02. The molecular weight excluding hydrogens is 274 g/mol. The fourth-order valence-corrected chi connectivity index (χ4v) is 2.82. The Morgan fingerprint density at radius 2 is 2.39 bits per heavy atom. The molecule has 2 heterocycles. The third-order valence-corrected chi connectivity index (χ3v) is 4.07. The third kappa shape index (κ3) is 2.23. The molecule has 1 aliphatic rings. The summed E-state index contributed by atoms with van der Waals surface area (Å²) in [5.74, 6) is -0.127. The Kier molecular flexibility index (Phi) is 3.00. The van der Waals surface area contributed by atoms with Gasteiger partial charge in [0.15, 0.2) is 11.0 Å². The van der Waals surface area contributed by atoms with Gasteiger partial charge in [-0.15, -0.1) is 15.3 Å². The molecule has 1 saturated carbocycles. The van der Waals surface area contributed by atoms with Crippen molar-refractivity contribution in [1.82, 2.24) is 24.4 Å². The first-order valence-electron chi connectivity index (χ1n) is 5.33. The standard InChI is InChI=1S/C9H9N5O2S2/c15-7(16)4-17-9-12-11-8(6-3-10-13-18-6)14(9)5-1-2-5/h3,5H,1-2,4H2,(H,15,16). The SMILES string of the molecule is O=C(O)CSc1nnc(-c2cnns2)n1C1CC1. The molecule has 0 amide bonds. The van der Waals surface area contributed by atoms with Gasteiger partial charge in [0.05, 0.1) is 11.9 Å². The molecule has 1 fully saturated rings. The monoisotopic (exact) mass is 283 g/mol. The number of hydrogen-bond acceptors (Lipinski definition) is 7. The molecule has 1 aliphatic carbocycles. The van der Waals surface area contributed by atoms with Crippen LogP contribution in [0, 0.1) is 0 Å². The average Bonchev–Trinajstić information content (AvgIpc) is 2.90. The highest BCUT2D eigenvalue weighted by molar-refractivity contribution is 7.99. The molecule has 3 rings (SSSR count). The molecule has 1 N–H and O–H groups in total. The molecule has 2 aromatic rings. The normalized spacial score (nSPS) is 14.9. The van der Waals surface area contributed by atoms with Crippen LogP contribution in [-0.4, -0.2) is 41.2 Å². The first-order valence-corrected chi connectivity index (χ1v) is 7.09. The number of thioether (sulfide) groups is 1. The number of carboxylic acid groups (broad SMARTS) is 1. The highest BCUT2D eigenvalue weighted by Gasteiger charge is 2.30. The van der Waals surface area contributed by atoms with E-state index < -0.39 is 5.97 Å². The van der Waals surface area contributed by atoms with Gasteiger partial charge in [-0.2, -0.15) is 0 Å². The van der Waals surface area contributed by atoms with E-state index in [-0.39, 0.29) is 5.75 Å². The fourth-order valence-electron chi connectivity index (χ4n) is 1.60. The minimum atomic E-state index is -0.855. The number of carboxylic acids is 1. The number of hydrogen-bond donors (Lipinski definition) is 1. The van der Waals surface area contributed by atoms with Crippen molar-refractivity contribution in [3.05, 3.63) is 6.20 Å². The summed E-state index contributed by atoms with van der Waals surface area (Å²) in [5.41, 5.74) is 0. The second-order valence-electron chi connectivity index (χ2n) is 3.87. The van der Waals surface area contributed by atoms with Crippen LogP contribution in [0.2, 0.25) is 0 Å². The summed E-state index contributed by atoms with van der Waals surface area (Å²) in [6.45, 7) is 0. The Morgan fingerprint density at radius 1 is 1.56 bits per heavy atom. The summed E-state index contributed by atoms with van der Waals surface area (Å²) >= 11 is 2.46. The zero-order valence-electron chi connectivity index (χ0n) is 9.18. The minimum absolute atomic E-state index is 0.00814. The number of rotatable bonds is 5. The number of nitrogens with zero attached hydrogens (tertiary/aromatic N) is 5. The van der Waals surface area contributed by atoms with E-state index in [0.717, 1.165) is 23.5 Å². The molecule has 7 nitrogen and oxygen atoms in total. The maximum absolute atomic E-state index is 10.6. The quantitative estimate of drug-likeness (QED) is 0.827. The van der Waals surface area contributed by atoms with Gasteiger partial charge in [0, 0.05) is 6.04 Å². The van der Waals surface area contributed by atoms with E-state index in [9.17, 15) is 4.79 Å². The maximum Gasteiger partial charge on any atom is 0.313 e. The molecule has 18 heavy (non-hydrogen) atoms. The van der Waals surface area contributed by atoms with Crippen molar-refractivity contribution in [2.24, 2.45) is 0 Å². The van der Waals surface area contributed by atoms with Crippen LogP contribution in [0.15, 0.2) is 11.4 Å². The first-order chi connectivity index (χ1) is 8.75. The van der Waals surface area contributed by atoms with Gasteiger partial charge in [-0.1, -0.05) is 16.3 Å². The van der Waals surface area contributed by atoms with Crippen LogP contribution >= 0.6 is 23.3 Å². The third-order valence-electron chi connectivity index (χ3n) is 2.48. The molecule has 2 aromatic heterocycles. The van der Waals surface area contributed by atoms with Crippen molar-refractivity contribution in [1.29, 1.82) is 0 Å². The molecule has 9 heteroatoms. The Bertz CT molecular complexity index is 564. The van der Waals surface area contributed by atoms with Crippen molar-refractivity contribution >= 4 is 29.3 Å². The Morgan fingerprint density at radius 3 is 3.00 bits per heavy atom. The lowest BCUT2D eigenvalue weighted by molar-refractivity contribution is -0.133. The van der Waals surface area contributed by atoms with E-state index in [0.29, 0.717) is 11.2 Å². The molecule has 0 atom stereocenters. The largest absolute Gasteiger partial charge is 0.481 e. The molecule has 0 radical (unpaired) electrons. The van der Waals surface area contributed by atoms with Crippen LogP contribution in [0.3, 0.4) is 0 Å². The van der Waals surface area contributed by atoms with Gasteiger partial charge in [-0.05, 0) is 24.4 Å². The number of carbonyl (C=O) groups is 1. The molecular formula is C9H9N5O2S2. The summed E-state index contributed by atoms with van der Waals surface area (Å²) in [7, 11) is 0. The molecule has 0 unspecified atom stereocenters. The summed E-state index contributed by atoms with van der Waals surface area (Å²) < 4.78 is 5.82. The molecule has 0 aromatic carbocycles. The second kappa shape index (κ2) is 4.65. The zero-order chi connectivity index (χ0) is 12.5. The number of aromatic nitrogens is 5. The van der Waals surface area contributed by atoms with Crippen LogP contribution in [0.1, 0.15) is 18.9 Å². The van der Waals surface area contributed by atoms with Crippen LogP contribution in [0.25, 0.3) is 10.7 Å². The molecule has 0 aliphatic heterocycles. The van der Waals surface area contributed by atoms with Crippen molar-refractivity contribution in [2.75, 3.05) is 5.75 Å². The summed E-state index contributed by atoms with van der Waals surface area (Å²) in [6, 6.07) is 0.383. The zero-order valence-corrected chi connectivity index (χ0v) is 10.8.